The predicted molar refractivity (Wildman–Crippen MR) is 77.0 cm³/mol. The smallest absolute Gasteiger partial charge is 0.333 e. The summed E-state index contributed by atoms with van der Waals surface area (Å²) in [5, 5.41) is 5.48. The van der Waals surface area contributed by atoms with Crippen LogP contribution in [0.25, 0.3) is 0 Å². The fraction of sp³-hybridized carbons (Fsp3) is 0.667. The third-order valence-electron chi connectivity index (χ3n) is 3.10. The molecule has 0 bridgehead atoms. The van der Waals surface area contributed by atoms with Gasteiger partial charge in [0.05, 0.1) is 0 Å². The number of carbonyl (C=O) groups excluding carboxylic acids is 4. The van der Waals surface area contributed by atoms with Crippen LogP contribution in [0.4, 0.5) is 9.59 Å². The van der Waals surface area contributed by atoms with Gasteiger partial charge in [-0.05, 0) is 25.7 Å². The number of hydrogen-bond acceptors (Lipinski definition) is 4. The molecule has 0 aromatic rings. The van der Waals surface area contributed by atoms with Gasteiger partial charge < -0.3 is 10.6 Å². The largest absolute Gasteiger partial charge is 0.334 e. The molecule has 1 fully saturated rings. The molecule has 10 nitrogen and oxygen atoms in total. The van der Waals surface area contributed by atoms with E-state index < -0.39 is 12.1 Å². The Labute approximate surface area is 128 Å². The minimum atomic E-state index is -0.463. The van der Waals surface area contributed by atoms with Crippen LogP contribution in [0.15, 0.2) is 0 Å². The van der Waals surface area contributed by atoms with E-state index in [9.17, 15) is 19.2 Å². The zero-order valence-electron chi connectivity index (χ0n) is 12.6. The number of hydrogen-bond donors (Lipinski definition) is 6. The predicted octanol–water partition coefficient (Wildman–Crippen LogP) is -1.00. The molecule has 10 heteroatoms. The molecular weight excluding hydrogens is 292 g/mol. The summed E-state index contributed by atoms with van der Waals surface area (Å²) in [6.45, 7) is 2.59. The molecule has 0 aromatic heterocycles. The maximum absolute atomic E-state index is 11.5. The second-order valence-corrected chi connectivity index (χ2v) is 5.11. The van der Waals surface area contributed by atoms with Gasteiger partial charge in [0.2, 0.25) is 11.8 Å². The molecule has 0 spiro atoms. The molecule has 1 aliphatic carbocycles. The van der Waals surface area contributed by atoms with Crippen molar-refractivity contribution in [3.05, 3.63) is 0 Å². The van der Waals surface area contributed by atoms with Gasteiger partial charge in [-0.1, -0.05) is 0 Å². The van der Waals surface area contributed by atoms with Gasteiger partial charge in [-0.15, -0.1) is 0 Å². The molecule has 0 atom stereocenters. The van der Waals surface area contributed by atoms with Gasteiger partial charge >= 0.3 is 12.1 Å². The summed E-state index contributed by atoms with van der Waals surface area (Å²) in [5.74, 6) is -0.707. The van der Waals surface area contributed by atoms with Crippen LogP contribution in [0.3, 0.4) is 0 Å². The normalized spacial score (nSPS) is 20.3. The number of carbonyl (C=O) groups is 4. The summed E-state index contributed by atoms with van der Waals surface area (Å²) in [5.41, 5.74) is 8.85. The summed E-state index contributed by atoms with van der Waals surface area (Å²) in [6, 6.07) is -0.944. The molecule has 6 N–H and O–H groups in total. The summed E-state index contributed by atoms with van der Waals surface area (Å²) in [7, 11) is 0. The first-order valence-electron chi connectivity index (χ1n) is 7.03. The minimum Gasteiger partial charge on any atom is -0.334 e. The van der Waals surface area contributed by atoms with Crippen LogP contribution in [-0.2, 0) is 9.59 Å². The SMILES string of the molecule is CC(=O)NNC(=O)NC1CCC(NC(=O)NNC(C)=O)CC1. The molecule has 22 heavy (non-hydrogen) atoms. The highest BCUT2D eigenvalue weighted by molar-refractivity contribution is 5.80. The van der Waals surface area contributed by atoms with Gasteiger partial charge in [-0.3, -0.25) is 20.4 Å². The highest BCUT2D eigenvalue weighted by Crippen LogP contribution is 2.18. The molecule has 0 heterocycles. The number of hydrazine groups is 2. The Morgan fingerprint density at radius 2 is 0.955 bits per heavy atom. The van der Waals surface area contributed by atoms with E-state index in [4.69, 9.17) is 0 Å². The fourth-order valence-electron chi connectivity index (χ4n) is 2.11. The summed E-state index contributed by atoms with van der Waals surface area (Å²) >= 11 is 0. The van der Waals surface area contributed by atoms with Gasteiger partial charge in [-0.2, -0.15) is 0 Å². The quantitative estimate of drug-likeness (QED) is 0.364. The highest BCUT2D eigenvalue weighted by Gasteiger charge is 2.23. The average molecular weight is 314 g/mol. The van der Waals surface area contributed by atoms with Gasteiger partial charge in [0.25, 0.3) is 0 Å². The molecule has 1 aliphatic rings. The third-order valence-corrected chi connectivity index (χ3v) is 3.10. The maximum atomic E-state index is 11.5. The third kappa shape index (κ3) is 7.31. The Balaban J connectivity index is 2.20. The van der Waals surface area contributed by atoms with Crippen molar-refractivity contribution in [2.45, 2.75) is 51.6 Å². The summed E-state index contributed by atoms with van der Waals surface area (Å²) in [4.78, 5) is 44.2. The standard InChI is InChI=1S/C12H22N6O4/c1-7(19)15-17-11(21)13-9-3-5-10(6-4-9)14-12(22)18-16-8(2)20/h9-10H,3-6H2,1-2H3,(H,15,19)(H,16,20)(H2,13,17,21)(H2,14,18,22). The van der Waals surface area contributed by atoms with Crippen LogP contribution in [-0.4, -0.2) is 36.0 Å². The monoisotopic (exact) mass is 314 g/mol. The van der Waals surface area contributed by atoms with E-state index in [1.807, 2.05) is 0 Å². The molecule has 1 saturated carbocycles. The van der Waals surface area contributed by atoms with Crippen LogP contribution in [0.2, 0.25) is 0 Å². The Kier molecular flexibility index (Phi) is 6.93. The van der Waals surface area contributed by atoms with Gasteiger partial charge in [0.15, 0.2) is 0 Å². The Bertz CT molecular complexity index is 393. The molecule has 0 unspecified atom stereocenters. The van der Waals surface area contributed by atoms with Crippen molar-refractivity contribution in [3.63, 3.8) is 0 Å². The average Bonchev–Trinajstić information content (AvgIpc) is 2.45. The Morgan fingerprint density at radius 1 is 0.636 bits per heavy atom. The van der Waals surface area contributed by atoms with E-state index in [0.29, 0.717) is 25.7 Å². The second kappa shape index (κ2) is 8.70. The maximum Gasteiger partial charge on any atom is 0.333 e. The molecule has 1 rings (SSSR count). The lowest BCUT2D eigenvalue weighted by atomic mass is 9.91. The Morgan fingerprint density at radius 3 is 1.23 bits per heavy atom. The fourth-order valence-corrected chi connectivity index (χ4v) is 2.11. The molecule has 124 valence electrons. The van der Waals surface area contributed by atoms with Crippen molar-refractivity contribution in [1.29, 1.82) is 0 Å². The summed E-state index contributed by atoms with van der Waals surface area (Å²) < 4.78 is 0. The van der Waals surface area contributed by atoms with Crippen molar-refractivity contribution in [3.8, 4) is 0 Å². The topological polar surface area (TPSA) is 140 Å². The lowest BCUT2D eigenvalue weighted by molar-refractivity contribution is -0.120. The number of amides is 6. The van der Waals surface area contributed by atoms with Crippen molar-refractivity contribution >= 4 is 23.9 Å². The van der Waals surface area contributed by atoms with Gasteiger partial charge in [-0.25, -0.2) is 20.4 Å². The minimum absolute atomic E-state index is 0.00906. The van der Waals surface area contributed by atoms with Gasteiger partial charge in [0.1, 0.15) is 0 Å². The van der Waals surface area contributed by atoms with Crippen LogP contribution >= 0.6 is 0 Å². The first kappa shape index (κ1) is 17.5. The van der Waals surface area contributed by atoms with E-state index in [2.05, 4.69) is 32.3 Å². The van der Waals surface area contributed by atoms with E-state index >= 15 is 0 Å². The molecule has 0 saturated heterocycles. The van der Waals surface area contributed by atoms with Gasteiger partial charge in [0, 0.05) is 25.9 Å². The van der Waals surface area contributed by atoms with Crippen LogP contribution in [0.1, 0.15) is 39.5 Å². The van der Waals surface area contributed by atoms with E-state index in [-0.39, 0.29) is 23.9 Å². The second-order valence-electron chi connectivity index (χ2n) is 5.11. The zero-order chi connectivity index (χ0) is 16.5. The highest BCUT2D eigenvalue weighted by atomic mass is 16.2. The van der Waals surface area contributed by atoms with E-state index in [1.165, 1.54) is 13.8 Å². The van der Waals surface area contributed by atoms with Crippen molar-refractivity contribution < 1.29 is 19.2 Å². The molecular formula is C12H22N6O4. The zero-order valence-corrected chi connectivity index (χ0v) is 12.6. The van der Waals surface area contributed by atoms with Crippen molar-refractivity contribution in [2.75, 3.05) is 0 Å². The molecule has 0 aliphatic heterocycles. The van der Waals surface area contributed by atoms with Crippen LogP contribution in [0, 0.1) is 0 Å². The Hall–Kier alpha value is -2.52. The first-order chi connectivity index (χ1) is 10.4. The lowest BCUT2D eigenvalue weighted by Crippen LogP contribution is -2.53. The van der Waals surface area contributed by atoms with Crippen LogP contribution < -0.4 is 32.3 Å². The summed E-state index contributed by atoms with van der Waals surface area (Å²) in [6.07, 6.45) is 2.83. The van der Waals surface area contributed by atoms with Crippen molar-refractivity contribution in [1.82, 2.24) is 32.3 Å². The van der Waals surface area contributed by atoms with Crippen LogP contribution in [0.5, 0.6) is 0 Å². The number of urea groups is 2. The number of rotatable bonds is 2. The molecule has 0 aromatic carbocycles. The first-order valence-corrected chi connectivity index (χ1v) is 7.03. The molecule has 0 radical (unpaired) electrons. The van der Waals surface area contributed by atoms with Crippen molar-refractivity contribution in [2.24, 2.45) is 0 Å². The molecule has 6 amide bonds. The lowest BCUT2D eigenvalue weighted by Gasteiger charge is -2.29. The van der Waals surface area contributed by atoms with E-state index in [1.54, 1.807) is 0 Å². The van der Waals surface area contributed by atoms with E-state index in [0.717, 1.165) is 0 Å². The number of nitrogens with one attached hydrogen (secondary N) is 6.